The van der Waals surface area contributed by atoms with Crippen LogP contribution < -0.4 is 20.9 Å². The number of anilines is 1. The molecule has 0 unspecified atom stereocenters. The minimum Gasteiger partial charge on any atom is -0.496 e. The van der Waals surface area contributed by atoms with Crippen molar-refractivity contribution in [1.29, 1.82) is 0 Å². The van der Waals surface area contributed by atoms with Crippen LogP contribution in [0.5, 0.6) is 5.75 Å². The van der Waals surface area contributed by atoms with E-state index in [2.05, 4.69) is 38.8 Å². The lowest BCUT2D eigenvalue weighted by molar-refractivity contribution is -0.124. The molecule has 0 aromatic heterocycles. The molecule has 0 aliphatic rings. The Labute approximate surface area is 164 Å². The zero-order chi connectivity index (χ0) is 18.9. The Bertz CT molecular complexity index is 796. The van der Waals surface area contributed by atoms with Gasteiger partial charge in [-0.1, -0.05) is 18.2 Å². The number of hydrogen-bond acceptors (Lipinski definition) is 4. The molecule has 0 radical (unpaired) electrons. The van der Waals surface area contributed by atoms with Crippen LogP contribution in [0, 0.1) is 3.57 Å². The van der Waals surface area contributed by atoms with Crippen LogP contribution in [0.4, 0.5) is 5.69 Å². The molecule has 0 saturated carbocycles. The number of ether oxygens (including phenoxy) is 1. The number of benzene rings is 2. The van der Waals surface area contributed by atoms with E-state index in [1.807, 2.05) is 6.07 Å². The summed E-state index contributed by atoms with van der Waals surface area (Å²) in [4.78, 5) is 35.6. The molecular formula is C18H18IN3O4. The topological polar surface area (TPSA) is 96.5 Å². The number of para-hydroxylation sites is 1. The summed E-state index contributed by atoms with van der Waals surface area (Å²) in [6, 6.07) is 13.9. The summed E-state index contributed by atoms with van der Waals surface area (Å²) in [7, 11) is 1.55. The van der Waals surface area contributed by atoms with Crippen molar-refractivity contribution in [3.05, 3.63) is 57.7 Å². The number of hydrogen-bond donors (Lipinski definition) is 3. The van der Waals surface area contributed by atoms with Crippen molar-refractivity contribution >= 4 is 46.0 Å². The Morgan fingerprint density at radius 2 is 1.65 bits per heavy atom. The zero-order valence-electron chi connectivity index (χ0n) is 14.0. The second-order valence-corrected chi connectivity index (χ2v) is 6.43. The van der Waals surface area contributed by atoms with Gasteiger partial charge in [0, 0.05) is 24.1 Å². The summed E-state index contributed by atoms with van der Waals surface area (Å²) in [5, 5.41) is 2.69. The standard InChI is InChI=1S/C18H18IN3O4/c1-26-15-8-7-12(11-14(15)19)18(25)22-21-17(24)10-9-16(23)20-13-5-3-2-4-6-13/h2-8,11H,9-10H2,1H3,(H,20,23)(H,21,24)(H,22,25). The Morgan fingerprint density at radius 3 is 2.31 bits per heavy atom. The van der Waals surface area contributed by atoms with Gasteiger partial charge in [0.15, 0.2) is 0 Å². The average Bonchev–Trinajstić information content (AvgIpc) is 2.65. The number of methoxy groups -OCH3 is 1. The molecule has 0 fully saturated rings. The molecule has 2 aromatic rings. The molecule has 8 heteroatoms. The summed E-state index contributed by atoms with van der Waals surface area (Å²) in [6.07, 6.45) is -0.0316. The summed E-state index contributed by atoms with van der Waals surface area (Å²) in [5.74, 6) is -0.518. The first-order chi connectivity index (χ1) is 12.5. The van der Waals surface area contributed by atoms with Gasteiger partial charge in [-0.2, -0.15) is 0 Å². The van der Waals surface area contributed by atoms with Gasteiger partial charge in [0.1, 0.15) is 5.75 Å². The first kappa shape index (κ1) is 19.7. The van der Waals surface area contributed by atoms with Gasteiger partial charge in [-0.15, -0.1) is 0 Å². The third-order valence-corrected chi connectivity index (χ3v) is 4.21. The first-order valence-electron chi connectivity index (χ1n) is 7.77. The van der Waals surface area contributed by atoms with Gasteiger partial charge in [0.05, 0.1) is 10.7 Å². The number of halogens is 1. The predicted octanol–water partition coefficient (Wildman–Crippen LogP) is 2.48. The lowest BCUT2D eigenvalue weighted by atomic mass is 10.2. The molecule has 0 saturated heterocycles. The number of nitrogens with one attached hydrogen (secondary N) is 3. The molecule has 7 nitrogen and oxygen atoms in total. The highest BCUT2D eigenvalue weighted by Crippen LogP contribution is 2.21. The number of hydrazine groups is 1. The smallest absolute Gasteiger partial charge is 0.269 e. The fraction of sp³-hybridized carbons (Fsp3) is 0.167. The van der Waals surface area contributed by atoms with Gasteiger partial charge in [-0.3, -0.25) is 25.2 Å². The highest BCUT2D eigenvalue weighted by molar-refractivity contribution is 14.1. The van der Waals surface area contributed by atoms with Crippen molar-refractivity contribution in [1.82, 2.24) is 10.9 Å². The molecule has 2 rings (SSSR count). The quantitative estimate of drug-likeness (QED) is 0.450. The van der Waals surface area contributed by atoms with Crippen molar-refractivity contribution in [3.8, 4) is 5.75 Å². The summed E-state index contributed by atoms with van der Waals surface area (Å²) in [5.41, 5.74) is 5.67. The van der Waals surface area contributed by atoms with Crippen LogP contribution >= 0.6 is 22.6 Å². The Balaban J connectivity index is 1.75. The Kier molecular flexibility index (Phi) is 7.39. The summed E-state index contributed by atoms with van der Waals surface area (Å²) in [6.45, 7) is 0. The maximum atomic E-state index is 12.0. The normalized spacial score (nSPS) is 9.92. The third kappa shape index (κ3) is 6.03. The van der Waals surface area contributed by atoms with Crippen LogP contribution in [0.15, 0.2) is 48.5 Å². The van der Waals surface area contributed by atoms with Crippen molar-refractivity contribution in [2.24, 2.45) is 0 Å². The van der Waals surface area contributed by atoms with Gasteiger partial charge < -0.3 is 10.1 Å². The number of carbonyl (C=O) groups is 3. The van der Waals surface area contributed by atoms with E-state index in [0.717, 1.165) is 3.57 Å². The lowest BCUT2D eigenvalue weighted by Gasteiger charge is -2.09. The molecule has 26 heavy (non-hydrogen) atoms. The fourth-order valence-corrected chi connectivity index (χ4v) is 2.78. The van der Waals surface area contributed by atoms with E-state index in [4.69, 9.17) is 4.74 Å². The maximum Gasteiger partial charge on any atom is 0.269 e. The van der Waals surface area contributed by atoms with Crippen molar-refractivity contribution in [3.63, 3.8) is 0 Å². The van der Waals surface area contributed by atoms with E-state index in [-0.39, 0.29) is 18.7 Å². The molecule has 0 aliphatic carbocycles. The third-order valence-electron chi connectivity index (χ3n) is 3.37. The lowest BCUT2D eigenvalue weighted by Crippen LogP contribution is -2.41. The molecule has 0 bridgehead atoms. The molecule has 3 amide bonds. The van der Waals surface area contributed by atoms with E-state index in [9.17, 15) is 14.4 Å². The van der Waals surface area contributed by atoms with Crippen LogP contribution in [0.2, 0.25) is 0 Å². The van der Waals surface area contributed by atoms with Gasteiger partial charge in [-0.25, -0.2) is 0 Å². The van der Waals surface area contributed by atoms with Crippen molar-refractivity contribution < 1.29 is 19.1 Å². The van der Waals surface area contributed by atoms with E-state index >= 15 is 0 Å². The second kappa shape index (κ2) is 9.76. The van der Waals surface area contributed by atoms with Crippen LogP contribution in [0.25, 0.3) is 0 Å². The van der Waals surface area contributed by atoms with Crippen LogP contribution in [-0.4, -0.2) is 24.8 Å². The molecule has 136 valence electrons. The van der Waals surface area contributed by atoms with Gasteiger partial charge in [0.25, 0.3) is 5.91 Å². The molecule has 2 aromatic carbocycles. The fourth-order valence-electron chi connectivity index (χ4n) is 2.04. The van der Waals surface area contributed by atoms with Gasteiger partial charge in [0.2, 0.25) is 11.8 Å². The number of carbonyl (C=O) groups excluding carboxylic acids is 3. The van der Waals surface area contributed by atoms with Crippen LogP contribution in [0.1, 0.15) is 23.2 Å². The highest BCUT2D eigenvalue weighted by atomic mass is 127. The van der Waals surface area contributed by atoms with Gasteiger partial charge in [-0.05, 0) is 52.9 Å². The SMILES string of the molecule is COc1ccc(C(=O)NNC(=O)CCC(=O)Nc2ccccc2)cc1I. The Hall–Kier alpha value is -2.62. The molecule has 3 N–H and O–H groups in total. The van der Waals surface area contributed by atoms with E-state index in [1.165, 1.54) is 0 Å². The molecule has 0 aliphatic heterocycles. The summed E-state index contributed by atoms with van der Waals surface area (Å²) < 4.78 is 5.91. The maximum absolute atomic E-state index is 12.0. The van der Waals surface area contributed by atoms with E-state index in [1.54, 1.807) is 49.6 Å². The highest BCUT2D eigenvalue weighted by Gasteiger charge is 2.11. The van der Waals surface area contributed by atoms with Crippen molar-refractivity contribution in [2.75, 3.05) is 12.4 Å². The van der Waals surface area contributed by atoms with E-state index in [0.29, 0.717) is 17.0 Å². The number of rotatable bonds is 6. The van der Waals surface area contributed by atoms with E-state index < -0.39 is 11.8 Å². The minimum absolute atomic E-state index is 0.0109. The average molecular weight is 467 g/mol. The Morgan fingerprint density at radius 1 is 0.962 bits per heavy atom. The predicted molar refractivity (Wildman–Crippen MR) is 106 cm³/mol. The minimum atomic E-state index is -0.454. The second-order valence-electron chi connectivity index (χ2n) is 5.27. The van der Waals surface area contributed by atoms with Crippen LogP contribution in [0.3, 0.4) is 0 Å². The number of amides is 3. The largest absolute Gasteiger partial charge is 0.496 e. The molecule has 0 spiro atoms. The monoisotopic (exact) mass is 467 g/mol. The molecule has 0 heterocycles. The molecular weight excluding hydrogens is 449 g/mol. The summed E-state index contributed by atoms with van der Waals surface area (Å²) >= 11 is 2.05. The first-order valence-corrected chi connectivity index (χ1v) is 8.85. The molecule has 0 atom stereocenters. The zero-order valence-corrected chi connectivity index (χ0v) is 16.2. The van der Waals surface area contributed by atoms with Crippen LogP contribution in [-0.2, 0) is 9.59 Å². The van der Waals surface area contributed by atoms with Crippen molar-refractivity contribution in [2.45, 2.75) is 12.8 Å². The van der Waals surface area contributed by atoms with Gasteiger partial charge >= 0.3 is 0 Å².